The number of fused-ring (bicyclic) bond motifs is 5. The van der Waals surface area contributed by atoms with Gasteiger partial charge >= 0.3 is 5.97 Å². The zero-order valence-electron chi connectivity index (χ0n) is 19.6. The van der Waals surface area contributed by atoms with Gasteiger partial charge in [0.15, 0.2) is 6.10 Å². The van der Waals surface area contributed by atoms with E-state index in [1.54, 1.807) is 0 Å². The van der Waals surface area contributed by atoms with Crippen molar-refractivity contribution >= 4 is 5.97 Å². The van der Waals surface area contributed by atoms with Crippen LogP contribution in [0.5, 0.6) is 0 Å². The number of nitrogens with zero attached hydrogens (tertiary/aromatic N) is 1. The molecule has 3 aliphatic heterocycles. The standard InChI is InChI=1S/C29H36NO2/c1-21(2)8-7-17-30-18-15-24(16-19-30)27(20-30)32-29(31)28-25-11-5-3-9-22(25)13-14-23-10-4-6-12-26(23)28/h3-6,8-12,24,27-28H,7,13-20H2,1-2H3/q+1/t24?,27-,30?/m0/s1. The van der Waals surface area contributed by atoms with Crippen LogP contribution >= 0.6 is 0 Å². The third-order valence-corrected chi connectivity index (χ3v) is 8.10. The van der Waals surface area contributed by atoms with Crippen molar-refractivity contribution in [2.45, 2.75) is 58.0 Å². The van der Waals surface area contributed by atoms with Crippen LogP contribution in [0.2, 0.25) is 0 Å². The van der Waals surface area contributed by atoms with Crippen molar-refractivity contribution in [1.29, 1.82) is 0 Å². The molecule has 0 unspecified atom stereocenters. The number of quaternary nitrogens is 1. The summed E-state index contributed by atoms with van der Waals surface area (Å²) >= 11 is 0. The maximum Gasteiger partial charge on any atom is 0.318 e. The van der Waals surface area contributed by atoms with Gasteiger partial charge in [0.05, 0.1) is 19.6 Å². The first-order valence-corrected chi connectivity index (χ1v) is 12.4. The number of benzene rings is 2. The van der Waals surface area contributed by atoms with Gasteiger partial charge in [-0.25, -0.2) is 0 Å². The molecule has 3 heteroatoms. The summed E-state index contributed by atoms with van der Waals surface area (Å²) in [7, 11) is 0. The van der Waals surface area contributed by atoms with Gasteiger partial charge in [-0.1, -0.05) is 60.2 Å². The van der Waals surface area contributed by atoms with E-state index in [4.69, 9.17) is 4.74 Å². The van der Waals surface area contributed by atoms with Crippen LogP contribution in [-0.2, 0) is 22.4 Å². The molecule has 6 rings (SSSR count). The number of carbonyl (C=O) groups is 1. The normalized spacial score (nSPS) is 26.6. The van der Waals surface area contributed by atoms with Crippen molar-refractivity contribution in [3.8, 4) is 0 Å². The molecule has 1 aliphatic carbocycles. The van der Waals surface area contributed by atoms with E-state index in [9.17, 15) is 4.79 Å². The van der Waals surface area contributed by atoms with Crippen molar-refractivity contribution in [2.24, 2.45) is 5.92 Å². The van der Waals surface area contributed by atoms with Crippen molar-refractivity contribution in [3.05, 3.63) is 82.4 Å². The van der Waals surface area contributed by atoms with Crippen LogP contribution in [0.1, 0.15) is 61.3 Å². The van der Waals surface area contributed by atoms with Crippen molar-refractivity contribution < 1.29 is 14.0 Å². The lowest BCUT2D eigenvalue weighted by molar-refractivity contribution is -0.945. The number of aryl methyl sites for hydroxylation is 2. The summed E-state index contributed by atoms with van der Waals surface area (Å²) in [5.74, 6) is 0.172. The van der Waals surface area contributed by atoms with Crippen LogP contribution in [0, 0.1) is 5.92 Å². The fourth-order valence-electron chi connectivity index (χ4n) is 6.29. The molecule has 0 amide bonds. The number of ether oxygens (including phenoxy) is 1. The third kappa shape index (κ3) is 4.15. The highest BCUT2D eigenvalue weighted by molar-refractivity contribution is 5.84. The lowest BCUT2D eigenvalue weighted by Gasteiger charge is -2.52. The molecule has 0 saturated carbocycles. The molecule has 0 N–H and O–H groups in total. The number of hydrogen-bond donors (Lipinski definition) is 0. The Morgan fingerprint density at radius 2 is 1.56 bits per heavy atom. The summed E-state index contributed by atoms with van der Waals surface area (Å²) in [6.07, 6.45) is 7.86. The highest BCUT2D eigenvalue weighted by atomic mass is 16.5. The molecule has 0 radical (unpaired) electrons. The molecule has 3 heterocycles. The molecular formula is C29H36NO2+. The molecule has 3 fully saturated rings. The van der Waals surface area contributed by atoms with Gasteiger partial charge < -0.3 is 9.22 Å². The van der Waals surface area contributed by atoms with Gasteiger partial charge in [0.2, 0.25) is 0 Å². The van der Waals surface area contributed by atoms with Gasteiger partial charge in [0.1, 0.15) is 12.5 Å². The van der Waals surface area contributed by atoms with E-state index in [1.165, 1.54) is 49.2 Å². The van der Waals surface area contributed by atoms with Crippen LogP contribution in [0.4, 0.5) is 0 Å². The molecule has 3 nitrogen and oxygen atoms in total. The van der Waals surface area contributed by atoms with E-state index in [-0.39, 0.29) is 18.0 Å². The van der Waals surface area contributed by atoms with E-state index in [0.717, 1.165) is 41.4 Å². The van der Waals surface area contributed by atoms with Gasteiger partial charge in [0, 0.05) is 25.2 Å². The van der Waals surface area contributed by atoms with Gasteiger partial charge in [-0.3, -0.25) is 4.79 Å². The Morgan fingerprint density at radius 3 is 2.16 bits per heavy atom. The zero-order chi connectivity index (χ0) is 22.1. The Bertz CT molecular complexity index is 964. The summed E-state index contributed by atoms with van der Waals surface area (Å²) in [6, 6.07) is 16.9. The summed E-state index contributed by atoms with van der Waals surface area (Å²) in [6.45, 7) is 8.99. The summed E-state index contributed by atoms with van der Waals surface area (Å²) in [5, 5.41) is 0. The zero-order valence-corrected chi connectivity index (χ0v) is 19.6. The number of carbonyl (C=O) groups excluding carboxylic acids is 1. The largest absolute Gasteiger partial charge is 0.455 e. The molecule has 2 aromatic carbocycles. The highest BCUT2D eigenvalue weighted by Crippen LogP contribution is 2.39. The summed E-state index contributed by atoms with van der Waals surface area (Å²) < 4.78 is 7.54. The lowest BCUT2D eigenvalue weighted by Crippen LogP contribution is -2.64. The molecule has 2 bridgehead atoms. The highest BCUT2D eigenvalue weighted by Gasteiger charge is 2.48. The third-order valence-electron chi connectivity index (χ3n) is 8.10. The van der Waals surface area contributed by atoms with Gasteiger partial charge in [-0.15, -0.1) is 0 Å². The molecule has 0 spiro atoms. The minimum Gasteiger partial charge on any atom is -0.455 e. The van der Waals surface area contributed by atoms with Gasteiger partial charge in [0.25, 0.3) is 0 Å². The van der Waals surface area contributed by atoms with E-state index in [2.05, 4.69) is 68.5 Å². The molecular weight excluding hydrogens is 394 g/mol. The quantitative estimate of drug-likeness (QED) is 0.359. The topological polar surface area (TPSA) is 26.3 Å². The van der Waals surface area contributed by atoms with Crippen LogP contribution < -0.4 is 0 Å². The molecule has 1 atom stereocenters. The molecule has 168 valence electrons. The molecule has 3 saturated heterocycles. The van der Waals surface area contributed by atoms with E-state index in [0.29, 0.717) is 5.92 Å². The smallest absolute Gasteiger partial charge is 0.318 e. The van der Waals surface area contributed by atoms with E-state index >= 15 is 0 Å². The monoisotopic (exact) mass is 430 g/mol. The van der Waals surface area contributed by atoms with Gasteiger partial charge in [-0.2, -0.15) is 0 Å². The SMILES string of the molecule is CC(C)=CCC[N+]12CCC(CC1)[C@@H](OC(=O)C1c3ccccc3CCc3ccccc31)C2. The van der Waals surface area contributed by atoms with Crippen molar-refractivity contribution in [1.82, 2.24) is 0 Å². The number of piperidine rings is 3. The number of rotatable bonds is 5. The Hall–Kier alpha value is -2.39. The predicted octanol–water partition coefficient (Wildman–Crippen LogP) is 5.43. The second kappa shape index (κ2) is 8.86. The minimum absolute atomic E-state index is 0.0481. The fourth-order valence-corrected chi connectivity index (χ4v) is 6.29. The first-order valence-electron chi connectivity index (χ1n) is 12.4. The van der Waals surface area contributed by atoms with Gasteiger partial charge in [-0.05, 0) is 48.9 Å². The van der Waals surface area contributed by atoms with E-state index < -0.39 is 0 Å². The maximum atomic E-state index is 13.8. The Kier molecular flexibility index (Phi) is 5.94. The van der Waals surface area contributed by atoms with Crippen LogP contribution in [-0.4, -0.2) is 42.7 Å². The molecule has 4 aliphatic rings. The van der Waals surface area contributed by atoms with E-state index in [1.807, 2.05) is 0 Å². The second-order valence-electron chi connectivity index (χ2n) is 10.4. The summed E-state index contributed by atoms with van der Waals surface area (Å²) in [4.78, 5) is 13.8. The minimum atomic E-state index is -0.306. The Morgan fingerprint density at radius 1 is 0.969 bits per heavy atom. The molecule has 32 heavy (non-hydrogen) atoms. The second-order valence-corrected chi connectivity index (χ2v) is 10.4. The molecule has 2 aromatic rings. The first kappa shape index (κ1) is 21.5. The number of hydrogen-bond acceptors (Lipinski definition) is 2. The Labute approximate surface area is 192 Å². The van der Waals surface area contributed by atoms with Crippen LogP contribution in [0.15, 0.2) is 60.2 Å². The maximum absolute atomic E-state index is 13.8. The first-order chi connectivity index (χ1) is 15.5. The van der Waals surface area contributed by atoms with Crippen LogP contribution in [0.25, 0.3) is 0 Å². The molecule has 0 aromatic heterocycles. The van der Waals surface area contributed by atoms with Crippen molar-refractivity contribution in [3.63, 3.8) is 0 Å². The van der Waals surface area contributed by atoms with Crippen LogP contribution in [0.3, 0.4) is 0 Å². The average Bonchev–Trinajstić information content (AvgIpc) is 2.96. The lowest BCUT2D eigenvalue weighted by atomic mass is 9.82. The fraction of sp³-hybridized carbons (Fsp3) is 0.483. The Balaban J connectivity index is 1.39. The summed E-state index contributed by atoms with van der Waals surface area (Å²) in [5.41, 5.74) is 6.23. The number of esters is 1. The number of allylic oxidation sites excluding steroid dienone is 1. The average molecular weight is 431 g/mol. The predicted molar refractivity (Wildman–Crippen MR) is 129 cm³/mol. The van der Waals surface area contributed by atoms with Crippen molar-refractivity contribution in [2.75, 3.05) is 26.2 Å².